The van der Waals surface area contributed by atoms with Crippen LogP contribution in [0.2, 0.25) is 0 Å². The number of hydrogen-bond acceptors (Lipinski definition) is 3. The molecular weight excluding hydrogens is 232 g/mol. The van der Waals surface area contributed by atoms with Gasteiger partial charge in [-0.3, -0.25) is 0 Å². The molecule has 3 nitrogen and oxygen atoms in total. The molecule has 1 heterocycles. The van der Waals surface area contributed by atoms with Crippen molar-refractivity contribution in [3.05, 3.63) is 11.8 Å². The van der Waals surface area contributed by atoms with Gasteiger partial charge in [-0.25, -0.2) is 8.78 Å². The van der Waals surface area contributed by atoms with E-state index >= 15 is 0 Å². The molecule has 0 amide bonds. The number of rotatable bonds is 6. The molecule has 16 heavy (non-hydrogen) atoms. The van der Waals surface area contributed by atoms with E-state index in [2.05, 4.69) is 4.74 Å². The SMILES string of the molecule is OC(COCC(F)(F)C(F)F)C1=CCCO1. The van der Waals surface area contributed by atoms with Gasteiger partial charge in [0.25, 0.3) is 0 Å². The fourth-order valence-electron chi connectivity index (χ4n) is 1.12. The Hall–Kier alpha value is -0.820. The van der Waals surface area contributed by atoms with Crippen LogP contribution in [0.5, 0.6) is 0 Å². The summed E-state index contributed by atoms with van der Waals surface area (Å²) in [6.45, 7) is -1.50. The summed E-state index contributed by atoms with van der Waals surface area (Å²) in [5, 5.41) is 9.33. The molecule has 0 radical (unpaired) electrons. The molecule has 0 saturated heterocycles. The van der Waals surface area contributed by atoms with E-state index in [0.29, 0.717) is 13.0 Å². The minimum absolute atomic E-state index is 0.236. The number of halogens is 4. The van der Waals surface area contributed by atoms with E-state index in [4.69, 9.17) is 4.74 Å². The zero-order valence-corrected chi connectivity index (χ0v) is 8.34. The van der Waals surface area contributed by atoms with Crippen LogP contribution in [0.4, 0.5) is 17.6 Å². The van der Waals surface area contributed by atoms with Gasteiger partial charge in [-0.2, -0.15) is 8.78 Å². The maximum Gasteiger partial charge on any atom is 0.330 e. The van der Waals surface area contributed by atoms with Crippen LogP contribution in [0.15, 0.2) is 11.8 Å². The van der Waals surface area contributed by atoms with E-state index in [0.717, 1.165) is 0 Å². The van der Waals surface area contributed by atoms with Gasteiger partial charge >= 0.3 is 12.3 Å². The minimum Gasteiger partial charge on any atom is -0.495 e. The highest BCUT2D eigenvalue weighted by atomic mass is 19.3. The Morgan fingerprint density at radius 2 is 2.19 bits per heavy atom. The van der Waals surface area contributed by atoms with E-state index in [1.54, 1.807) is 6.08 Å². The Bertz CT molecular complexity index is 255. The minimum atomic E-state index is -4.19. The molecule has 7 heteroatoms. The van der Waals surface area contributed by atoms with Crippen LogP contribution >= 0.6 is 0 Å². The average molecular weight is 244 g/mol. The summed E-state index contributed by atoms with van der Waals surface area (Å²) in [5.41, 5.74) is 0. The van der Waals surface area contributed by atoms with E-state index in [1.165, 1.54) is 0 Å². The van der Waals surface area contributed by atoms with Gasteiger partial charge < -0.3 is 14.6 Å². The van der Waals surface area contributed by atoms with Crippen molar-refractivity contribution in [3.63, 3.8) is 0 Å². The first-order chi connectivity index (χ1) is 7.43. The largest absolute Gasteiger partial charge is 0.495 e. The molecule has 0 aliphatic carbocycles. The summed E-state index contributed by atoms with van der Waals surface area (Å²) in [5.74, 6) is -3.95. The summed E-state index contributed by atoms with van der Waals surface area (Å²) < 4.78 is 57.4. The lowest BCUT2D eigenvalue weighted by molar-refractivity contribution is -0.170. The fourth-order valence-corrected chi connectivity index (χ4v) is 1.12. The maximum absolute atomic E-state index is 12.4. The van der Waals surface area contributed by atoms with Crippen LogP contribution in [-0.2, 0) is 9.47 Å². The standard InChI is InChI=1S/C9H12F4O3/c10-8(11)9(12,13)5-15-4-6(14)7-2-1-3-16-7/h2,6,8,14H,1,3-5H2. The number of alkyl halides is 4. The average Bonchev–Trinajstić information content (AvgIpc) is 2.69. The Balaban J connectivity index is 2.25. The molecule has 1 rings (SSSR count). The number of ether oxygens (including phenoxy) is 2. The second kappa shape index (κ2) is 5.49. The van der Waals surface area contributed by atoms with Crippen LogP contribution in [0.25, 0.3) is 0 Å². The molecule has 0 saturated carbocycles. The van der Waals surface area contributed by atoms with E-state index in [9.17, 15) is 22.7 Å². The predicted octanol–water partition coefficient (Wildman–Crippen LogP) is 1.57. The summed E-state index contributed by atoms with van der Waals surface area (Å²) >= 11 is 0. The highest BCUT2D eigenvalue weighted by molar-refractivity contribution is 5.03. The van der Waals surface area contributed by atoms with Gasteiger partial charge in [0.15, 0.2) is 0 Å². The highest BCUT2D eigenvalue weighted by Crippen LogP contribution is 2.23. The topological polar surface area (TPSA) is 38.7 Å². The lowest BCUT2D eigenvalue weighted by Crippen LogP contribution is -2.34. The van der Waals surface area contributed by atoms with Crippen molar-refractivity contribution in [1.29, 1.82) is 0 Å². The van der Waals surface area contributed by atoms with E-state index < -0.39 is 31.7 Å². The first-order valence-corrected chi connectivity index (χ1v) is 4.68. The molecule has 0 spiro atoms. The molecule has 1 aliphatic rings. The lowest BCUT2D eigenvalue weighted by atomic mass is 10.3. The fraction of sp³-hybridized carbons (Fsp3) is 0.778. The molecule has 0 aromatic heterocycles. The van der Waals surface area contributed by atoms with E-state index in [1.807, 2.05) is 0 Å². The van der Waals surface area contributed by atoms with Gasteiger partial charge in [-0.1, -0.05) is 0 Å². The van der Waals surface area contributed by atoms with Gasteiger partial charge in [-0.05, 0) is 6.08 Å². The van der Waals surface area contributed by atoms with Crippen molar-refractivity contribution in [2.75, 3.05) is 19.8 Å². The number of aliphatic hydroxyl groups excluding tert-OH is 1. The summed E-state index contributed by atoms with van der Waals surface area (Å²) in [6.07, 6.45) is -2.73. The second-order valence-electron chi connectivity index (χ2n) is 3.34. The van der Waals surface area contributed by atoms with Gasteiger partial charge in [0, 0.05) is 6.42 Å². The van der Waals surface area contributed by atoms with Gasteiger partial charge in [0.05, 0.1) is 13.2 Å². The zero-order valence-electron chi connectivity index (χ0n) is 8.34. The van der Waals surface area contributed by atoms with E-state index in [-0.39, 0.29) is 5.76 Å². The smallest absolute Gasteiger partial charge is 0.330 e. The first kappa shape index (κ1) is 13.2. The Kier molecular flexibility index (Phi) is 4.55. The van der Waals surface area contributed by atoms with Crippen LogP contribution < -0.4 is 0 Å². The molecule has 1 N–H and O–H groups in total. The highest BCUT2D eigenvalue weighted by Gasteiger charge is 2.41. The number of aliphatic hydroxyl groups is 1. The predicted molar refractivity (Wildman–Crippen MR) is 46.4 cm³/mol. The molecular formula is C9H12F4O3. The molecule has 0 aromatic carbocycles. The maximum atomic E-state index is 12.4. The van der Waals surface area contributed by atoms with Crippen molar-refractivity contribution in [1.82, 2.24) is 0 Å². The van der Waals surface area contributed by atoms with Crippen molar-refractivity contribution >= 4 is 0 Å². The molecule has 1 atom stereocenters. The van der Waals surface area contributed by atoms with Crippen LogP contribution in [-0.4, -0.2) is 43.4 Å². The summed E-state index contributed by atoms with van der Waals surface area (Å²) in [4.78, 5) is 0. The Morgan fingerprint density at radius 1 is 1.50 bits per heavy atom. The molecule has 1 unspecified atom stereocenters. The first-order valence-electron chi connectivity index (χ1n) is 4.68. The number of hydrogen-bond donors (Lipinski definition) is 1. The van der Waals surface area contributed by atoms with Gasteiger partial charge in [0.1, 0.15) is 18.5 Å². The molecule has 1 aliphatic heterocycles. The van der Waals surface area contributed by atoms with Gasteiger partial charge in [0.2, 0.25) is 0 Å². The summed E-state index contributed by atoms with van der Waals surface area (Å²) in [6, 6.07) is 0. The van der Waals surface area contributed by atoms with Crippen molar-refractivity contribution in [2.24, 2.45) is 0 Å². The van der Waals surface area contributed by atoms with Crippen molar-refractivity contribution in [3.8, 4) is 0 Å². The van der Waals surface area contributed by atoms with Crippen LogP contribution in [0.1, 0.15) is 6.42 Å². The molecule has 0 fully saturated rings. The molecule has 94 valence electrons. The molecule has 0 aromatic rings. The van der Waals surface area contributed by atoms with Crippen LogP contribution in [0.3, 0.4) is 0 Å². The normalized spacial score (nSPS) is 18.5. The second-order valence-corrected chi connectivity index (χ2v) is 3.34. The third-order valence-corrected chi connectivity index (χ3v) is 1.95. The molecule has 0 bridgehead atoms. The lowest BCUT2D eigenvalue weighted by Gasteiger charge is -2.17. The Labute approximate surface area is 89.6 Å². The zero-order chi connectivity index (χ0) is 12.2. The van der Waals surface area contributed by atoms with Gasteiger partial charge in [-0.15, -0.1) is 0 Å². The third-order valence-electron chi connectivity index (χ3n) is 1.95. The van der Waals surface area contributed by atoms with Crippen molar-refractivity contribution < 1.29 is 32.1 Å². The summed E-state index contributed by atoms with van der Waals surface area (Å²) in [7, 11) is 0. The Morgan fingerprint density at radius 3 is 2.69 bits per heavy atom. The third kappa shape index (κ3) is 3.64. The monoisotopic (exact) mass is 244 g/mol. The quantitative estimate of drug-likeness (QED) is 0.721. The van der Waals surface area contributed by atoms with Crippen LogP contribution in [0, 0.1) is 0 Å². The van der Waals surface area contributed by atoms with Crippen molar-refractivity contribution in [2.45, 2.75) is 24.9 Å².